The molecule has 9 nitrogen and oxygen atoms in total. The first-order valence-electron chi connectivity index (χ1n) is 9.99. The summed E-state index contributed by atoms with van der Waals surface area (Å²) in [6.07, 6.45) is 3.50. The highest BCUT2D eigenvalue weighted by Gasteiger charge is 2.28. The highest BCUT2D eigenvalue weighted by molar-refractivity contribution is 9.10. The average molecular weight is 566 g/mol. The minimum Gasteiger partial charge on any atom is -0.490 e. The van der Waals surface area contributed by atoms with Crippen LogP contribution in [0.1, 0.15) is 5.56 Å². The average Bonchev–Trinajstić information content (AvgIpc) is 3.22. The van der Waals surface area contributed by atoms with Gasteiger partial charge < -0.3 is 9.72 Å². The van der Waals surface area contributed by atoms with Crippen molar-refractivity contribution in [2.75, 3.05) is 6.61 Å². The topological polar surface area (TPSA) is 127 Å². The number of rotatable bonds is 9. The molecule has 0 amide bonds. The van der Waals surface area contributed by atoms with Gasteiger partial charge in [-0.25, -0.2) is 18.1 Å². The maximum atomic E-state index is 13.2. The second kappa shape index (κ2) is 10.1. The molecule has 0 aliphatic heterocycles. The summed E-state index contributed by atoms with van der Waals surface area (Å²) in [6.45, 7) is -0.0604. The number of fused-ring (bicyclic) bond motifs is 1. The Kier molecular flexibility index (Phi) is 7.17. The molecule has 2 aromatic heterocycles. The lowest BCUT2D eigenvalue weighted by atomic mass is 10.1. The van der Waals surface area contributed by atoms with Crippen molar-refractivity contribution in [1.29, 1.82) is 0 Å². The number of nitrogens with one attached hydrogen (secondary N) is 2. The highest BCUT2D eigenvalue weighted by Crippen LogP contribution is 2.26. The Morgan fingerprint density at radius 1 is 1.21 bits per heavy atom. The van der Waals surface area contributed by atoms with E-state index in [4.69, 9.17) is 16.3 Å². The molecule has 2 heterocycles. The van der Waals surface area contributed by atoms with E-state index < -0.39 is 31.6 Å². The van der Waals surface area contributed by atoms with Gasteiger partial charge in [0.25, 0.3) is 5.69 Å². The molecule has 2 aromatic carbocycles. The first-order chi connectivity index (χ1) is 16.2. The van der Waals surface area contributed by atoms with Gasteiger partial charge in [0.15, 0.2) is 4.90 Å². The van der Waals surface area contributed by atoms with Crippen LogP contribution in [-0.4, -0.2) is 36.0 Å². The molecule has 0 aliphatic rings. The molecule has 2 N–H and O–H groups in total. The molecule has 0 saturated carbocycles. The van der Waals surface area contributed by atoms with E-state index in [2.05, 4.69) is 30.6 Å². The fraction of sp³-hybridized carbons (Fsp3) is 0.136. The van der Waals surface area contributed by atoms with Crippen LogP contribution in [0, 0.1) is 10.1 Å². The molecule has 0 bridgehead atoms. The van der Waals surface area contributed by atoms with E-state index in [0.717, 1.165) is 22.5 Å². The SMILES string of the molecule is O=[N+]([O-])c1ccccc1S(=O)(=O)N[C@H](COc1cnc(Cl)c(Br)c1)Cc1c[nH]c2ccccc12. The number of nitro benzene ring substituents is 1. The Balaban J connectivity index is 1.64. The van der Waals surface area contributed by atoms with E-state index in [1.165, 1.54) is 24.4 Å². The molecule has 4 rings (SSSR count). The summed E-state index contributed by atoms with van der Waals surface area (Å²) in [4.78, 5) is 17.4. The number of aromatic nitrogens is 2. The zero-order chi connectivity index (χ0) is 24.3. The van der Waals surface area contributed by atoms with Crippen molar-refractivity contribution in [3.05, 3.63) is 92.3 Å². The quantitative estimate of drug-likeness (QED) is 0.170. The number of sulfonamides is 1. The van der Waals surface area contributed by atoms with Crippen molar-refractivity contribution in [3.8, 4) is 5.75 Å². The van der Waals surface area contributed by atoms with Crippen LogP contribution in [-0.2, 0) is 16.4 Å². The van der Waals surface area contributed by atoms with Crippen LogP contribution in [0.25, 0.3) is 10.9 Å². The smallest absolute Gasteiger partial charge is 0.289 e. The van der Waals surface area contributed by atoms with E-state index in [1.54, 1.807) is 12.3 Å². The van der Waals surface area contributed by atoms with Gasteiger partial charge in [0.2, 0.25) is 10.0 Å². The third-order valence-corrected chi connectivity index (χ3v) is 7.74. The fourth-order valence-corrected chi connectivity index (χ4v) is 5.32. The lowest BCUT2D eigenvalue weighted by molar-refractivity contribution is -0.387. The summed E-state index contributed by atoms with van der Waals surface area (Å²) in [5.41, 5.74) is 1.27. The van der Waals surface area contributed by atoms with Crippen LogP contribution >= 0.6 is 27.5 Å². The van der Waals surface area contributed by atoms with Crippen molar-refractivity contribution in [2.24, 2.45) is 0 Å². The maximum Gasteiger partial charge on any atom is 0.289 e. The number of pyridine rings is 1. The van der Waals surface area contributed by atoms with Crippen molar-refractivity contribution in [1.82, 2.24) is 14.7 Å². The predicted molar refractivity (Wildman–Crippen MR) is 132 cm³/mol. The third-order valence-electron chi connectivity index (χ3n) is 5.04. The highest BCUT2D eigenvalue weighted by atomic mass is 79.9. The number of ether oxygens (including phenoxy) is 1. The molecule has 0 unspecified atom stereocenters. The van der Waals surface area contributed by atoms with Gasteiger partial charge in [-0.1, -0.05) is 41.9 Å². The van der Waals surface area contributed by atoms with Crippen molar-refractivity contribution in [2.45, 2.75) is 17.4 Å². The van der Waals surface area contributed by atoms with Gasteiger partial charge in [0.1, 0.15) is 17.5 Å². The number of halogens is 2. The minimum absolute atomic E-state index is 0.0604. The molecule has 1 atom stereocenters. The second-order valence-electron chi connectivity index (χ2n) is 7.36. The Hall–Kier alpha value is -2.99. The lowest BCUT2D eigenvalue weighted by Crippen LogP contribution is -2.40. The summed E-state index contributed by atoms with van der Waals surface area (Å²) in [6, 6.07) is 13.7. The van der Waals surface area contributed by atoms with Gasteiger partial charge in [-0.05, 0) is 46.1 Å². The van der Waals surface area contributed by atoms with Crippen LogP contribution in [0.4, 0.5) is 5.69 Å². The molecular formula is C22H18BrClN4O5S. The predicted octanol–water partition coefficient (Wildman–Crippen LogP) is 4.86. The minimum atomic E-state index is -4.24. The van der Waals surface area contributed by atoms with Crippen molar-refractivity contribution >= 4 is 54.1 Å². The zero-order valence-electron chi connectivity index (χ0n) is 17.4. The summed E-state index contributed by atoms with van der Waals surface area (Å²) in [7, 11) is -4.24. The maximum absolute atomic E-state index is 13.2. The van der Waals surface area contributed by atoms with Crippen molar-refractivity contribution in [3.63, 3.8) is 0 Å². The van der Waals surface area contributed by atoms with Crippen LogP contribution in [0.2, 0.25) is 5.15 Å². The second-order valence-corrected chi connectivity index (χ2v) is 10.3. The summed E-state index contributed by atoms with van der Waals surface area (Å²) < 4.78 is 35.2. The van der Waals surface area contributed by atoms with E-state index in [1.807, 2.05) is 24.3 Å². The lowest BCUT2D eigenvalue weighted by Gasteiger charge is -2.19. The molecule has 12 heteroatoms. The van der Waals surface area contributed by atoms with Gasteiger partial charge in [-0.2, -0.15) is 0 Å². The molecule has 0 aliphatic carbocycles. The Labute approximate surface area is 208 Å². The normalized spacial score (nSPS) is 12.5. The number of hydrogen-bond acceptors (Lipinski definition) is 6. The van der Waals surface area contributed by atoms with Crippen LogP contribution in [0.5, 0.6) is 5.75 Å². The molecule has 34 heavy (non-hydrogen) atoms. The number of aromatic amines is 1. The molecule has 4 aromatic rings. The molecule has 176 valence electrons. The molecule has 0 spiro atoms. The number of nitrogens with zero attached hydrogens (tertiary/aromatic N) is 2. The van der Waals surface area contributed by atoms with E-state index in [9.17, 15) is 18.5 Å². The molecule has 0 saturated heterocycles. The van der Waals surface area contributed by atoms with E-state index >= 15 is 0 Å². The standard InChI is InChI=1S/C22H18BrClN4O5S/c23-18-10-16(12-26-22(18)24)33-13-15(9-14-11-25-19-6-2-1-5-17(14)19)27-34(31,32)21-8-4-3-7-20(21)28(29)30/h1-8,10-12,15,25,27H,9,13H2/t15-/m0/s1. The van der Waals surface area contributed by atoms with Gasteiger partial charge in [-0.3, -0.25) is 10.1 Å². The van der Waals surface area contributed by atoms with Gasteiger partial charge in [0, 0.05) is 23.2 Å². The van der Waals surface area contributed by atoms with E-state index in [-0.39, 0.29) is 18.2 Å². The number of hydrogen-bond donors (Lipinski definition) is 2. The Bertz CT molecular complexity index is 1460. The summed E-state index contributed by atoms with van der Waals surface area (Å²) >= 11 is 9.20. The Morgan fingerprint density at radius 3 is 2.71 bits per heavy atom. The molecular weight excluding hydrogens is 548 g/mol. The number of para-hydroxylation sites is 2. The Morgan fingerprint density at radius 2 is 1.94 bits per heavy atom. The number of nitro groups is 1. The summed E-state index contributed by atoms with van der Waals surface area (Å²) in [5, 5.41) is 12.6. The molecule has 0 radical (unpaired) electrons. The molecule has 0 fully saturated rings. The zero-order valence-corrected chi connectivity index (χ0v) is 20.6. The first kappa shape index (κ1) is 24.1. The van der Waals surface area contributed by atoms with Gasteiger partial charge >= 0.3 is 0 Å². The monoisotopic (exact) mass is 564 g/mol. The van der Waals surface area contributed by atoms with Crippen LogP contribution < -0.4 is 9.46 Å². The van der Waals surface area contributed by atoms with Crippen LogP contribution in [0.3, 0.4) is 0 Å². The summed E-state index contributed by atoms with van der Waals surface area (Å²) in [5.74, 6) is 0.380. The number of benzene rings is 2. The first-order valence-corrected chi connectivity index (χ1v) is 12.6. The third kappa shape index (κ3) is 5.39. The van der Waals surface area contributed by atoms with Gasteiger partial charge in [-0.15, -0.1) is 0 Å². The van der Waals surface area contributed by atoms with Gasteiger partial charge in [0.05, 0.1) is 21.6 Å². The van der Waals surface area contributed by atoms with E-state index in [0.29, 0.717) is 10.2 Å². The van der Waals surface area contributed by atoms with Crippen LogP contribution in [0.15, 0.2) is 76.4 Å². The fourth-order valence-electron chi connectivity index (χ4n) is 3.50. The van der Waals surface area contributed by atoms with Crippen molar-refractivity contribution < 1.29 is 18.1 Å². The number of H-pyrrole nitrogens is 1. The largest absolute Gasteiger partial charge is 0.490 e.